The number of nitrogens with one attached hydrogen (secondary N) is 1. The molecule has 1 aliphatic heterocycles. The predicted molar refractivity (Wildman–Crippen MR) is 112 cm³/mol. The first-order chi connectivity index (χ1) is 14.2. The number of amides is 1. The molecule has 154 valence electrons. The van der Waals surface area contributed by atoms with Crippen molar-refractivity contribution in [2.75, 3.05) is 19.8 Å². The Labute approximate surface area is 173 Å². The molecular weight excluding hydrogens is 364 g/mol. The molecule has 0 bridgehead atoms. The normalized spacial score (nSPS) is 18.9. The molecule has 2 aromatic rings. The van der Waals surface area contributed by atoms with Gasteiger partial charge in [-0.3, -0.25) is 9.69 Å². The SMILES string of the molecule is O=C(CN(Cc1ccccc1)Cc1ccccc1)NC1CCC2(CC1)OCCO2. The predicted octanol–water partition coefficient (Wildman–Crippen LogP) is 3.49. The summed E-state index contributed by atoms with van der Waals surface area (Å²) in [5.74, 6) is -0.292. The summed E-state index contributed by atoms with van der Waals surface area (Å²) in [6.07, 6.45) is 3.53. The molecule has 5 heteroatoms. The molecule has 1 spiro atoms. The zero-order valence-corrected chi connectivity index (χ0v) is 16.9. The van der Waals surface area contributed by atoms with E-state index in [4.69, 9.17) is 9.47 Å². The van der Waals surface area contributed by atoms with Crippen LogP contribution in [0.3, 0.4) is 0 Å². The largest absolute Gasteiger partial charge is 0.352 e. The minimum atomic E-state index is -0.381. The van der Waals surface area contributed by atoms with E-state index in [0.29, 0.717) is 19.8 Å². The number of ether oxygens (including phenoxy) is 2. The summed E-state index contributed by atoms with van der Waals surface area (Å²) in [4.78, 5) is 15.0. The Hall–Kier alpha value is -2.21. The maximum absolute atomic E-state index is 12.8. The molecule has 1 saturated heterocycles. The number of hydrogen-bond donors (Lipinski definition) is 1. The maximum atomic E-state index is 12.8. The second-order valence-electron chi connectivity index (χ2n) is 8.07. The zero-order chi connectivity index (χ0) is 19.9. The average Bonchev–Trinajstić information content (AvgIpc) is 3.19. The van der Waals surface area contributed by atoms with Crippen molar-refractivity contribution >= 4 is 5.91 Å². The fraction of sp³-hybridized carbons (Fsp3) is 0.458. The summed E-state index contributed by atoms with van der Waals surface area (Å²) < 4.78 is 11.6. The van der Waals surface area contributed by atoms with E-state index < -0.39 is 0 Å². The summed E-state index contributed by atoms with van der Waals surface area (Å²) in [6, 6.07) is 20.9. The lowest BCUT2D eigenvalue weighted by atomic mass is 9.90. The smallest absolute Gasteiger partial charge is 0.234 e. The number of carbonyl (C=O) groups is 1. The Morgan fingerprint density at radius 3 is 1.93 bits per heavy atom. The highest BCUT2D eigenvalue weighted by Crippen LogP contribution is 2.35. The third-order valence-electron chi connectivity index (χ3n) is 5.79. The first kappa shape index (κ1) is 20.1. The van der Waals surface area contributed by atoms with E-state index in [0.717, 1.165) is 38.8 Å². The van der Waals surface area contributed by atoms with E-state index in [1.807, 2.05) is 36.4 Å². The van der Waals surface area contributed by atoms with E-state index in [1.165, 1.54) is 11.1 Å². The molecule has 4 rings (SSSR count). The van der Waals surface area contributed by atoms with Gasteiger partial charge in [0.1, 0.15) is 0 Å². The lowest BCUT2D eigenvalue weighted by Gasteiger charge is -2.35. The molecule has 5 nitrogen and oxygen atoms in total. The van der Waals surface area contributed by atoms with Crippen molar-refractivity contribution in [2.45, 2.75) is 50.6 Å². The highest BCUT2D eigenvalue weighted by atomic mass is 16.7. The monoisotopic (exact) mass is 394 g/mol. The molecule has 1 heterocycles. The molecule has 0 atom stereocenters. The van der Waals surface area contributed by atoms with Gasteiger partial charge in [0, 0.05) is 32.0 Å². The van der Waals surface area contributed by atoms with Gasteiger partial charge in [-0.25, -0.2) is 0 Å². The summed E-state index contributed by atoms with van der Waals surface area (Å²) in [6.45, 7) is 3.26. The third kappa shape index (κ3) is 5.66. The Morgan fingerprint density at radius 2 is 1.41 bits per heavy atom. The summed E-state index contributed by atoms with van der Waals surface area (Å²) in [5.41, 5.74) is 2.43. The molecule has 1 amide bonds. The Bertz CT molecular complexity index is 724. The molecular formula is C24H30N2O3. The minimum Gasteiger partial charge on any atom is -0.352 e. The molecule has 0 unspecified atom stereocenters. The molecule has 1 N–H and O–H groups in total. The van der Waals surface area contributed by atoms with Gasteiger partial charge in [0.25, 0.3) is 0 Å². The van der Waals surface area contributed by atoms with E-state index in [1.54, 1.807) is 0 Å². The molecule has 29 heavy (non-hydrogen) atoms. The average molecular weight is 395 g/mol. The third-order valence-corrected chi connectivity index (χ3v) is 5.79. The van der Waals surface area contributed by atoms with E-state index >= 15 is 0 Å². The molecule has 0 aromatic heterocycles. The van der Waals surface area contributed by atoms with Crippen LogP contribution in [0.15, 0.2) is 60.7 Å². The van der Waals surface area contributed by atoms with Crippen LogP contribution in [0, 0.1) is 0 Å². The fourth-order valence-corrected chi connectivity index (χ4v) is 4.31. The minimum absolute atomic E-state index is 0.0890. The summed E-state index contributed by atoms with van der Waals surface area (Å²) >= 11 is 0. The molecule has 1 saturated carbocycles. The van der Waals surface area contributed by atoms with Crippen LogP contribution in [-0.2, 0) is 27.4 Å². The van der Waals surface area contributed by atoms with Crippen molar-refractivity contribution in [3.63, 3.8) is 0 Å². The quantitative estimate of drug-likeness (QED) is 0.781. The number of carbonyl (C=O) groups excluding carboxylic acids is 1. The van der Waals surface area contributed by atoms with Gasteiger partial charge in [0.2, 0.25) is 5.91 Å². The van der Waals surface area contributed by atoms with Crippen molar-refractivity contribution in [3.8, 4) is 0 Å². The number of benzene rings is 2. The summed E-state index contributed by atoms with van der Waals surface area (Å²) in [7, 11) is 0. The summed E-state index contributed by atoms with van der Waals surface area (Å²) in [5, 5.41) is 3.24. The van der Waals surface area contributed by atoms with Crippen LogP contribution in [0.4, 0.5) is 0 Å². The number of nitrogens with zero attached hydrogens (tertiary/aromatic N) is 1. The standard InChI is InChI=1S/C24H30N2O3/c27-23(25-22-11-13-24(14-12-22)28-15-16-29-24)19-26(17-20-7-3-1-4-8-20)18-21-9-5-2-6-10-21/h1-10,22H,11-19H2,(H,25,27). The first-order valence-electron chi connectivity index (χ1n) is 10.6. The molecule has 0 radical (unpaired) electrons. The van der Waals surface area contributed by atoms with E-state index in [-0.39, 0.29) is 17.7 Å². The molecule has 2 aromatic carbocycles. The topological polar surface area (TPSA) is 50.8 Å². The van der Waals surface area contributed by atoms with E-state index in [9.17, 15) is 4.79 Å². The lowest BCUT2D eigenvalue weighted by molar-refractivity contribution is -0.180. The highest BCUT2D eigenvalue weighted by Gasteiger charge is 2.40. The van der Waals surface area contributed by atoms with Crippen LogP contribution in [0.2, 0.25) is 0 Å². The molecule has 2 fully saturated rings. The first-order valence-corrected chi connectivity index (χ1v) is 10.6. The van der Waals surface area contributed by atoms with Crippen LogP contribution in [0.25, 0.3) is 0 Å². The van der Waals surface area contributed by atoms with Gasteiger partial charge in [-0.15, -0.1) is 0 Å². The van der Waals surface area contributed by atoms with Gasteiger partial charge in [-0.05, 0) is 24.0 Å². The van der Waals surface area contributed by atoms with E-state index in [2.05, 4.69) is 34.5 Å². The Kier molecular flexibility index (Phi) is 6.60. The van der Waals surface area contributed by atoms with Gasteiger partial charge in [-0.2, -0.15) is 0 Å². The van der Waals surface area contributed by atoms with Crippen molar-refractivity contribution in [2.24, 2.45) is 0 Å². The van der Waals surface area contributed by atoms with Crippen LogP contribution in [0.5, 0.6) is 0 Å². The number of hydrogen-bond acceptors (Lipinski definition) is 4. The van der Waals surface area contributed by atoms with Crippen molar-refractivity contribution in [1.29, 1.82) is 0 Å². The van der Waals surface area contributed by atoms with Crippen LogP contribution >= 0.6 is 0 Å². The van der Waals surface area contributed by atoms with Gasteiger partial charge in [0.05, 0.1) is 19.8 Å². The van der Waals surface area contributed by atoms with Gasteiger partial charge in [-0.1, -0.05) is 60.7 Å². The maximum Gasteiger partial charge on any atom is 0.234 e. The Morgan fingerprint density at radius 1 is 0.897 bits per heavy atom. The van der Waals surface area contributed by atoms with Crippen LogP contribution in [-0.4, -0.2) is 42.4 Å². The van der Waals surface area contributed by atoms with Gasteiger partial charge in [0.15, 0.2) is 5.79 Å². The zero-order valence-electron chi connectivity index (χ0n) is 16.9. The van der Waals surface area contributed by atoms with Gasteiger partial charge < -0.3 is 14.8 Å². The van der Waals surface area contributed by atoms with Crippen molar-refractivity contribution in [1.82, 2.24) is 10.2 Å². The second-order valence-corrected chi connectivity index (χ2v) is 8.07. The molecule has 2 aliphatic rings. The van der Waals surface area contributed by atoms with Crippen molar-refractivity contribution in [3.05, 3.63) is 71.8 Å². The number of rotatable bonds is 7. The lowest BCUT2D eigenvalue weighted by Crippen LogP contribution is -2.46. The second kappa shape index (κ2) is 9.53. The Balaban J connectivity index is 1.33. The fourth-order valence-electron chi connectivity index (χ4n) is 4.31. The molecule has 1 aliphatic carbocycles. The highest BCUT2D eigenvalue weighted by molar-refractivity contribution is 5.78. The van der Waals surface area contributed by atoms with Crippen molar-refractivity contribution < 1.29 is 14.3 Å². The van der Waals surface area contributed by atoms with Crippen LogP contribution in [0.1, 0.15) is 36.8 Å². The van der Waals surface area contributed by atoms with Crippen LogP contribution < -0.4 is 5.32 Å². The van der Waals surface area contributed by atoms with Gasteiger partial charge >= 0.3 is 0 Å².